The van der Waals surface area contributed by atoms with Gasteiger partial charge in [0.15, 0.2) is 0 Å². The van der Waals surface area contributed by atoms with Crippen LogP contribution in [0.5, 0.6) is 0 Å². The van der Waals surface area contributed by atoms with Crippen molar-refractivity contribution < 1.29 is 18.0 Å². The fourth-order valence-corrected chi connectivity index (χ4v) is 2.54. The van der Waals surface area contributed by atoms with Gasteiger partial charge in [-0.2, -0.15) is 0 Å². The monoisotopic (exact) mass is 319 g/mol. The second kappa shape index (κ2) is 8.33. The fourth-order valence-electron chi connectivity index (χ4n) is 2.12. The number of carbonyl (C=O) groups is 2. The number of amides is 2. The van der Waals surface area contributed by atoms with E-state index in [4.69, 9.17) is 0 Å². The molecule has 7 nitrogen and oxygen atoms in total. The van der Waals surface area contributed by atoms with Crippen molar-refractivity contribution in [1.82, 2.24) is 14.5 Å². The molecule has 0 saturated carbocycles. The first kappa shape index (κ1) is 17.9. The van der Waals surface area contributed by atoms with Crippen molar-refractivity contribution in [2.75, 3.05) is 39.5 Å². The van der Waals surface area contributed by atoms with Gasteiger partial charge >= 0.3 is 0 Å². The van der Waals surface area contributed by atoms with Gasteiger partial charge in [0.2, 0.25) is 21.8 Å². The van der Waals surface area contributed by atoms with E-state index in [2.05, 4.69) is 5.32 Å². The molecule has 122 valence electrons. The van der Waals surface area contributed by atoms with Crippen LogP contribution in [0.2, 0.25) is 0 Å². The van der Waals surface area contributed by atoms with Gasteiger partial charge in [-0.3, -0.25) is 9.59 Å². The first-order valence-corrected chi connectivity index (χ1v) is 9.11. The number of hydrogen-bond donors (Lipinski definition) is 1. The number of nitrogens with zero attached hydrogens (tertiary/aromatic N) is 2. The third kappa shape index (κ3) is 6.90. The van der Waals surface area contributed by atoms with Crippen molar-refractivity contribution in [2.45, 2.75) is 32.1 Å². The minimum absolute atomic E-state index is 0.122. The standard InChI is InChI=1S/C13H25N3O4S/c1-15(21(2,19)20)11-8-14-12(17)7-10-16-9-5-3-4-6-13(16)18/h3-11H2,1-2H3,(H,14,17). The van der Waals surface area contributed by atoms with Crippen molar-refractivity contribution in [3.05, 3.63) is 0 Å². The fraction of sp³-hybridized carbons (Fsp3) is 0.846. The zero-order chi connectivity index (χ0) is 15.9. The number of sulfonamides is 1. The summed E-state index contributed by atoms with van der Waals surface area (Å²) in [5.41, 5.74) is 0. The van der Waals surface area contributed by atoms with E-state index in [0.717, 1.165) is 32.1 Å². The predicted octanol–water partition coefficient (Wildman–Crippen LogP) is -0.213. The molecule has 0 atom stereocenters. The molecule has 0 aliphatic carbocycles. The van der Waals surface area contributed by atoms with Gasteiger partial charge in [0.05, 0.1) is 6.26 Å². The van der Waals surface area contributed by atoms with E-state index in [1.807, 2.05) is 0 Å². The Hall–Kier alpha value is -1.15. The Balaban J connectivity index is 2.23. The molecule has 8 heteroatoms. The Morgan fingerprint density at radius 3 is 2.71 bits per heavy atom. The van der Waals surface area contributed by atoms with Crippen LogP contribution < -0.4 is 5.32 Å². The smallest absolute Gasteiger partial charge is 0.222 e. The summed E-state index contributed by atoms with van der Waals surface area (Å²) in [6.07, 6.45) is 4.94. The lowest BCUT2D eigenvalue weighted by Crippen LogP contribution is -2.38. The van der Waals surface area contributed by atoms with Gasteiger partial charge in [0, 0.05) is 46.1 Å². The van der Waals surface area contributed by atoms with Gasteiger partial charge in [-0.25, -0.2) is 12.7 Å². The largest absolute Gasteiger partial charge is 0.355 e. The first-order chi connectivity index (χ1) is 9.80. The normalized spacial score (nSPS) is 16.9. The number of likely N-dealkylation sites (tertiary alicyclic amines) is 1. The third-order valence-corrected chi connectivity index (χ3v) is 4.91. The van der Waals surface area contributed by atoms with E-state index in [1.165, 1.54) is 11.4 Å². The number of rotatable bonds is 7. The van der Waals surface area contributed by atoms with Crippen molar-refractivity contribution in [3.8, 4) is 0 Å². The molecule has 21 heavy (non-hydrogen) atoms. The molecule has 1 fully saturated rings. The molecule has 1 N–H and O–H groups in total. The maximum absolute atomic E-state index is 11.8. The Labute approximate surface area is 126 Å². The molecule has 1 aliphatic heterocycles. The maximum Gasteiger partial charge on any atom is 0.222 e. The average molecular weight is 319 g/mol. The van der Waals surface area contributed by atoms with E-state index < -0.39 is 10.0 Å². The number of carbonyl (C=O) groups excluding carboxylic acids is 2. The molecule has 1 aliphatic rings. The highest BCUT2D eigenvalue weighted by molar-refractivity contribution is 7.88. The minimum Gasteiger partial charge on any atom is -0.355 e. The molecule has 0 aromatic carbocycles. The summed E-state index contributed by atoms with van der Waals surface area (Å²) in [4.78, 5) is 25.2. The summed E-state index contributed by atoms with van der Waals surface area (Å²) < 4.78 is 23.5. The predicted molar refractivity (Wildman–Crippen MR) is 80.1 cm³/mol. The van der Waals surface area contributed by atoms with E-state index in [-0.39, 0.29) is 31.3 Å². The van der Waals surface area contributed by atoms with Crippen LogP contribution in [0.1, 0.15) is 32.1 Å². The minimum atomic E-state index is -3.21. The molecule has 0 radical (unpaired) electrons. The van der Waals surface area contributed by atoms with Crippen LogP contribution in [0.25, 0.3) is 0 Å². The summed E-state index contributed by atoms with van der Waals surface area (Å²) in [6, 6.07) is 0. The highest BCUT2D eigenvalue weighted by Crippen LogP contribution is 2.11. The number of hydrogen-bond acceptors (Lipinski definition) is 4. The summed E-state index contributed by atoms with van der Waals surface area (Å²) in [6.45, 7) is 1.68. The first-order valence-electron chi connectivity index (χ1n) is 7.26. The Kier molecular flexibility index (Phi) is 7.10. The van der Waals surface area contributed by atoms with E-state index >= 15 is 0 Å². The van der Waals surface area contributed by atoms with Crippen molar-refractivity contribution in [1.29, 1.82) is 0 Å². The van der Waals surface area contributed by atoms with Crippen molar-refractivity contribution in [3.63, 3.8) is 0 Å². The van der Waals surface area contributed by atoms with Crippen LogP contribution in [0, 0.1) is 0 Å². The molecule has 0 bridgehead atoms. The van der Waals surface area contributed by atoms with Crippen LogP contribution in [-0.2, 0) is 19.6 Å². The molecule has 1 rings (SSSR count). The number of nitrogens with one attached hydrogen (secondary N) is 1. The summed E-state index contributed by atoms with van der Waals surface area (Å²) in [5, 5.41) is 2.67. The molecule has 2 amide bonds. The lowest BCUT2D eigenvalue weighted by Gasteiger charge is -2.20. The van der Waals surface area contributed by atoms with E-state index in [0.29, 0.717) is 13.0 Å². The molecule has 1 saturated heterocycles. The van der Waals surface area contributed by atoms with Crippen molar-refractivity contribution in [2.24, 2.45) is 0 Å². The lowest BCUT2D eigenvalue weighted by atomic mass is 10.2. The SMILES string of the molecule is CN(CCNC(=O)CCN1CCCCCC1=O)S(C)(=O)=O. The van der Waals surface area contributed by atoms with Gasteiger partial charge in [0.25, 0.3) is 0 Å². The molecule has 1 heterocycles. The topological polar surface area (TPSA) is 86.8 Å². The molecular weight excluding hydrogens is 294 g/mol. The van der Waals surface area contributed by atoms with Gasteiger partial charge in [-0.1, -0.05) is 6.42 Å². The molecule has 0 spiro atoms. The van der Waals surface area contributed by atoms with Gasteiger partial charge in [-0.05, 0) is 12.8 Å². The summed E-state index contributed by atoms with van der Waals surface area (Å²) in [5.74, 6) is -0.0361. The highest BCUT2D eigenvalue weighted by Gasteiger charge is 2.17. The second-order valence-electron chi connectivity index (χ2n) is 5.38. The lowest BCUT2D eigenvalue weighted by molar-refractivity contribution is -0.131. The van der Waals surface area contributed by atoms with Crippen LogP contribution in [0.15, 0.2) is 0 Å². The Bertz CT molecular complexity index is 464. The molecule has 0 unspecified atom stereocenters. The molecular formula is C13H25N3O4S. The van der Waals surface area contributed by atoms with Gasteiger partial charge in [-0.15, -0.1) is 0 Å². The zero-order valence-corrected chi connectivity index (χ0v) is 13.6. The van der Waals surface area contributed by atoms with Crippen LogP contribution in [-0.4, -0.2) is 68.9 Å². The summed E-state index contributed by atoms with van der Waals surface area (Å²) in [7, 11) is -1.74. The van der Waals surface area contributed by atoms with E-state index in [1.54, 1.807) is 4.90 Å². The average Bonchev–Trinajstić information content (AvgIpc) is 2.60. The third-order valence-electron chi connectivity index (χ3n) is 3.60. The van der Waals surface area contributed by atoms with Crippen LogP contribution >= 0.6 is 0 Å². The Morgan fingerprint density at radius 2 is 2.05 bits per heavy atom. The van der Waals surface area contributed by atoms with Gasteiger partial charge in [0.1, 0.15) is 0 Å². The summed E-state index contributed by atoms with van der Waals surface area (Å²) >= 11 is 0. The van der Waals surface area contributed by atoms with Crippen LogP contribution in [0.3, 0.4) is 0 Å². The maximum atomic E-state index is 11.8. The second-order valence-corrected chi connectivity index (χ2v) is 7.47. The quantitative estimate of drug-likeness (QED) is 0.703. The molecule has 0 aromatic heterocycles. The zero-order valence-electron chi connectivity index (χ0n) is 12.8. The van der Waals surface area contributed by atoms with Crippen LogP contribution in [0.4, 0.5) is 0 Å². The number of likely N-dealkylation sites (N-methyl/N-ethyl adjacent to an activating group) is 1. The Morgan fingerprint density at radius 1 is 1.33 bits per heavy atom. The molecule has 0 aromatic rings. The van der Waals surface area contributed by atoms with Crippen molar-refractivity contribution >= 4 is 21.8 Å². The van der Waals surface area contributed by atoms with Gasteiger partial charge < -0.3 is 10.2 Å². The highest BCUT2D eigenvalue weighted by atomic mass is 32.2. The van der Waals surface area contributed by atoms with E-state index in [9.17, 15) is 18.0 Å².